The van der Waals surface area contributed by atoms with E-state index in [1.165, 1.54) is 5.56 Å². The molecule has 2 heteroatoms. The summed E-state index contributed by atoms with van der Waals surface area (Å²) in [7, 11) is 0. The van der Waals surface area contributed by atoms with Crippen LogP contribution >= 0.6 is 0 Å². The van der Waals surface area contributed by atoms with Gasteiger partial charge in [0.05, 0.1) is 6.61 Å². The predicted octanol–water partition coefficient (Wildman–Crippen LogP) is 3.85. The normalized spacial score (nSPS) is 12.1. The number of aliphatic hydroxyl groups is 1. The van der Waals surface area contributed by atoms with Crippen LogP contribution in [0, 0.1) is 12.3 Å². The minimum absolute atomic E-state index is 0.0772. The summed E-state index contributed by atoms with van der Waals surface area (Å²) in [6.45, 7) is 9.86. The summed E-state index contributed by atoms with van der Waals surface area (Å²) >= 11 is 0. The fraction of sp³-hybridized carbons (Fsp3) is 0.500. The number of hydrogen-bond acceptors (Lipinski definition) is 2. The number of aliphatic hydroxyl groups excluding tert-OH is 1. The van der Waals surface area contributed by atoms with Crippen molar-refractivity contribution in [3.8, 4) is 0 Å². The summed E-state index contributed by atoms with van der Waals surface area (Å²) in [6, 6.07) is 6.33. The van der Waals surface area contributed by atoms with Crippen molar-refractivity contribution < 1.29 is 5.11 Å². The maximum absolute atomic E-state index is 8.86. The fourth-order valence-electron chi connectivity index (χ4n) is 1.61. The summed E-state index contributed by atoms with van der Waals surface area (Å²) in [4.78, 5) is 0. The Kier molecular flexibility index (Phi) is 5.42. The second-order valence-corrected chi connectivity index (χ2v) is 5.55. The van der Waals surface area contributed by atoms with Gasteiger partial charge in [0.1, 0.15) is 0 Å². The summed E-state index contributed by atoms with van der Waals surface area (Å²) in [5.41, 5.74) is 3.80. The van der Waals surface area contributed by atoms with Crippen molar-refractivity contribution in [3.63, 3.8) is 0 Å². The van der Waals surface area contributed by atoms with E-state index in [1.807, 2.05) is 6.08 Å². The first-order chi connectivity index (χ1) is 8.48. The lowest BCUT2D eigenvalue weighted by Crippen LogP contribution is -2.22. The summed E-state index contributed by atoms with van der Waals surface area (Å²) < 4.78 is 0. The topological polar surface area (TPSA) is 32.3 Å². The first kappa shape index (κ1) is 14.8. The lowest BCUT2D eigenvalue weighted by Gasteiger charge is -2.24. The number of aryl methyl sites for hydroxylation is 1. The highest BCUT2D eigenvalue weighted by Gasteiger charge is 2.14. The molecule has 0 heterocycles. The van der Waals surface area contributed by atoms with Crippen LogP contribution in [0.5, 0.6) is 0 Å². The average Bonchev–Trinajstić information content (AvgIpc) is 2.35. The molecule has 100 valence electrons. The molecule has 0 aliphatic carbocycles. The number of nitrogens with one attached hydrogen (secondary N) is 1. The summed E-state index contributed by atoms with van der Waals surface area (Å²) in [6.07, 6.45) is 4.87. The maximum atomic E-state index is 8.86. The van der Waals surface area contributed by atoms with Crippen LogP contribution in [0.25, 0.3) is 6.08 Å². The Morgan fingerprint density at radius 3 is 2.67 bits per heavy atom. The van der Waals surface area contributed by atoms with E-state index in [9.17, 15) is 0 Å². The molecule has 0 unspecified atom stereocenters. The Labute approximate surface area is 111 Å². The second-order valence-electron chi connectivity index (χ2n) is 5.55. The third kappa shape index (κ3) is 4.53. The van der Waals surface area contributed by atoms with Crippen LogP contribution in [0.15, 0.2) is 24.3 Å². The van der Waals surface area contributed by atoms with Gasteiger partial charge in [-0.15, -0.1) is 0 Å². The fourth-order valence-corrected chi connectivity index (χ4v) is 1.61. The van der Waals surface area contributed by atoms with Gasteiger partial charge >= 0.3 is 0 Å². The highest BCUT2D eigenvalue weighted by molar-refractivity contribution is 5.67. The number of rotatable bonds is 6. The first-order valence-corrected chi connectivity index (χ1v) is 6.60. The van der Waals surface area contributed by atoms with E-state index >= 15 is 0 Å². The lowest BCUT2D eigenvalue weighted by molar-refractivity contribution is 0.343. The van der Waals surface area contributed by atoms with Gasteiger partial charge in [-0.05, 0) is 36.0 Å². The van der Waals surface area contributed by atoms with Crippen LogP contribution in [-0.2, 0) is 0 Å². The largest absolute Gasteiger partial charge is 0.392 e. The Hall–Kier alpha value is -1.28. The highest BCUT2D eigenvalue weighted by atomic mass is 16.2. The smallest absolute Gasteiger partial charge is 0.0615 e. The van der Waals surface area contributed by atoms with E-state index in [4.69, 9.17) is 5.11 Å². The monoisotopic (exact) mass is 247 g/mol. The van der Waals surface area contributed by atoms with Crippen molar-refractivity contribution in [2.24, 2.45) is 5.41 Å². The van der Waals surface area contributed by atoms with Crippen LogP contribution in [-0.4, -0.2) is 18.3 Å². The molecule has 0 aliphatic heterocycles. The van der Waals surface area contributed by atoms with Gasteiger partial charge in [-0.1, -0.05) is 45.1 Å². The van der Waals surface area contributed by atoms with E-state index in [1.54, 1.807) is 6.08 Å². The molecule has 0 aromatic heterocycles. The minimum Gasteiger partial charge on any atom is -0.392 e. The molecule has 0 atom stereocenters. The van der Waals surface area contributed by atoms with Crippen molar-refractivity contribution >= 4 is 11.8 Å². The van der Waals surface area contributed by atoms with Crippen molar-refractivity contribution in [3.05, 3.63) is 35.4 Å². The molecule has 0 aliphatic rings. The predicted molar refractivity (Wildman–Crippen MR) is 79.9 cm³/mol. The van der Waals surface area contributed by atoms with Gasteiger partial charge in [0.2, 0.25) is 0 Å². The number of benzene rings is 1. The first-order valence-electron chi connectivity index (χ1n) is 6.60. The van der Waals surface area contributed by atoms with Gasteiger partial charge in [0, 0.05) is 12.2 Å². The molecule has 0 amide bonds. The van der Waals surface area contributed by atoms with Gasteiger partial charge < -0.3 is 10.4 Å². The lowest BCUT2D eigenvalue weighted by atomic mass is 9.90. The van der Waals surface area contributed by atoms with E-state index in [0.29, 0.717) is 5.41 Å². The van der Waals surface area contributed by atoms with Crippen LogP contribution in [0.4, 0.5) is 5.69 Å². The quantitative estimate of drug-likeness (QED) is 0.800. The Bertz CT molecular complexity index is 408. The Morgan fingerprint density at radius 2 is 2.06 bits per heavy atom. The van der Waals surface area contributed by atoms with E-state index in [-0.39, 0.29) is 6.61 Å². The molecule has 0 radical (unpaired) electrons. The number of hydrogen-bond donors (Lipinski definition) is 2. The average molecular weight is 247 g/mol. The third-order valence-electron chi connectivity index (χ3n) is 3.33. The van der Waals surface area contributed by atoms with Gasteiger partial charge in [0.25, 0.3) is 0 Å². The Morgan fingerprint density at radius 1 is 1.33 bits per heavy atom. The molecule has 1 aromatic carbocycles. The molecule has 0 saturated carbocycles. The zero-order valence-corrected chi connectivity index (χ0v) is 12.0. The number of anilines is 1. The standard InChI is InChI=1S/C16H25NO/c1-5-16(3,4)12-17-15-11-13(2)8-9-14(15)7-6-10-18/h6-9,11,17-18H,5,10,12H2,1-4H3/b7-6+. The zero-order valence-electron chi connectivity index (χ0n) is 12.0. The van der Waals surface area contributed by atoms with Gasteiger partial charge in [-0.3, -0.25) is 0 Å². The van der Waals surface area contributed by atoms with E-state index < -0.39 is 0 Å². The molecule has 2 nitrogen and oxygen atoms in total. The molecular formula is C16H25NO. The van der Waals surface area contributed by atoms with Gasteiger partial charge in [-0.2, -0.15) is 0 Å². The van der Waals surface area contributed by atoms with Crippen molar-refractivity contribution in [1.29, 1.82) is 0 Å². The summed E-state index contributed by atoms with van der Waals surface area (Å²) in [5.74, 6) is 0. The van der Waals surface area contributed by atoms with E-state index in [2.05, 4.69) is 51.2 Å². The molecular weight excluding hydrogens is 222 g/mol. The van der Waals surface area contributed by atoms with Gasteiger partial charge in [-0.25, -0.2) is 0 Å². The summed E-state index contributed by atoms with van der Waals surface area (Å²) in [5, 5.41) is 12.4. The molecule has 0 saturated heterocycles. The van der Waals surface area contributed by atoms with Crippen LogP contribution in [0.1, 0.15) is 38.3 Å². The molecule has 0 bridgehead atoms. The molecule has 1 rings (SSSR count). The highest BCUT2D eigenvalue weighted by Crippen LogP contribution is 2.24. The van der Waals surface area contributed by atoms with Crippen molar-refractivity contribution in [2.75, 3.05) is 18.5 Å². The molecule has 2 N–H and O–H groups in total. The van der Waals surface area contributed by atoms with Crippen LogP contribution in [0.2, 0.25) is 0 Å². The van der Waals surface area contributed by atoms with Crippen LogP contribution in [0.3, 0.4) is 0 Å². The third-order valence-corrected chi connectivity index (χ3v) is 3.33. The molecule has 18 heavy (non-hydrogen) atoms. The Balaban J connectivity index is 2.85. The van der Waals surface area contributed by atoms with Crippen molar-refractivity contribution in [2.45, 2.75) is 34.1 Å². The molecule has 0 spiro atoms. The second kappa shape index (κ2) is 6.60. The maximum Gasteiger partial charge on any atom is 0.0615 e. The SMILES string of the molecule is CCC(C)(C)CNc1cc(C)ccc1/C=C/CO. The van der Waals surface area contributed by atoms with E-state index in [0.717, 1.165) is 24.2 Å². The van der Waals surface area contributed by atoms with Crippen LogP contribution < -0.4 is 5.32 Å². The van der Waals surface area contributed by atoms with Crippen molar-refractivity contribution in [1.82, 2.24) is 0 Å². The molecule has 1 aromatic rings. The minimum atomic E-state index is 0.0772. The van der Waals surface area contributed by atoms with Gasteiger partial charge in [0.15, 0.2) is 0 Å². The zero-order chi connectivity index (χ0) is 13.6. The molecule has 0 fully saturated rings.